The number of carbonyl (C=O) groups is 1. The normalized spacial score (nSPS) is 24.4. The van der Waals surface area contributed by atoms with Crippen LogP contribution in [0, 0.1) is 0 Å². The smallest absolute Gasteiger partial charge is 0.322 e. The summed E-state index contributed by atoms with van der Waals surface area (Å²) in [7, 11) is 1.44. The van der Waals surface area contributed by atoms with Crippen LogP contribution in [-0.2, 0) is 9.53 Å². The summed E-state index contributed by atoms with van der Waals surface area (Å²) in [5, 5.41) is 3.20. The highest BCUT2D eigenvalue weighted by atomic mass is 79.9. The Hall–Kier alpha value is -0.870. The second-order valence-corrected chi connectivity index (χ2v) is 5.22. The van der Waals surface area contributed by atoms with E-state index in [0.29, 0.717) is 5.92 Å². The molecule has 3 nitrogen and oxygen atoms in total. The molecule has 0 spiro atoms. The van der Waals surface area contributed by atoms with Crippen LogP contribution in [0.5, 0.6) is 0 Å². The molecular formula is C13H16BrNO2. The van der Waals surface area contributed by atoms with E-state index in [0.717, 1.165) is 23.9 Å². The lowest BCUT2D eigenvalue weighted by atomic mass is 9.86. The van der Waals surface area contributed by atoms with Gasteiger partial charge < -0.3 is 10.1 Å². The second-order valence-electron chi connectivity index (χ2n) is 4.30. The molecule has 4 heteroatoms. The van der Waals surface area contributed by atoms with Gasteiger partial charge in [0.05, 0.1) is 7.11 Å². The first-order valence-electron chi connectivity index (χ1n) is 5.77. The van der Waals surface area contributed by atoms with Crippen molar-refractivity contribution in [3.05, 3.63) is 34.3 Å². The molecule has 17 heavy (non-hydrogen) atoms. The van der Waals surface area contributed by atoms with Gasteiger partial charge in [-0.3, -0.25) is 4.79 Å². The molecule has 0 saturated carbocycles. The Morgan fingerprint density at radius 2 is 2.12 bits per heavy atom. The summed E-state index contributed by atoms with van der Waals surface area (Å²) in [5.41, 5.74) is 1.30. The molecule has 0 aromatic heterocycles. The minimum atomic E-state index is -0.164. The van der Waals surface area contributed by atoms with Crippen LogP contribution in [0.15, 0.2) is 28.7 Å². The Balaban J connectivity index is 2.06. The SMILES string of the molecule is COC(=O)C1CC(c2ccc(Br)cc2)CCN1. The van der Waals surface area contributed by atoms with Crippen LogP contribution >= 0.6 is 15.9 Å². The molecule has 1 heterocycles. The lowest BCUT2D eigenvalue weighted by Crippen LogP contribution is -2.43. The number of halogens is 1. The minimum absolute atomic E-state index is 0.160. The van der Waals surface area contributed by atoms with Gasteiger partial charge in [-0.25, -0.2) is 0 Å². The number of carbonyl (C=O) groups excluding carboxylic acids is 1. The largest absolute Gasteiger partial charge is 0.468 e. The molecule has 1 aromatic rings. The third kappa shape index (κ3) is 3.07. The van der Waals surface area contributed by atoms with Crippen LogP contribution in [0.2, 0.25) is 0 Å². The van der Waals surface area contributed by atoms with E-state index in [9.17, 15) is 4.79 Å². The fourth-order valence-corrected chi connectivity index (χ4v) is 2.54. The molecule has 2 unspecified atom stereocenters. The van der Waals surface area contributed by atoms with Crippen molar-refractivity contribution < 1.29 is 9.53 Å². The lowest BCUT2D eigenvalue weighted by molar-refractivity contribution is -0.143. The minimum Gasteiger partial charge on any atom is -0.468 e. The van der Waals surface area contributed by atoms with Crippen LogP contribution in [0.3, 0.4) is 0 Å². The first-order chi connectivity index (χ1) is 8.20. The predicted molar refractivity (Wildman–Crippen MR) is 69.9 cm³/mol. The Bertz CT molecular complexity index is 391. The maximum atomic E-state index is 11.5. The van der Waals surface area contributed by atoms with Crippen LogP contribution in [0.1, 0.15) is 24.3 Å². The molecule has 2 atom stereocenters. The number of rotatable bonds is 2. The van der Waals surface area contributed by atoms with E-state index in [1.165, 1.54) is 12.7 Å². The maximum absolute atomic E-state index is 11.5. The molecule has 0 bridgehead atoms. The maximum Gasteiger partial charge on any atom is 0.322 e. The molecule has 0 amide bonds. The van der Waals surface area contributed by atoms with Gasteiger partial charge >= 0.3 is 5.97 Å². The first-order valence-corrected chi connectivity index (χ1v) is 6.56. The Labute approximate surface area is 110 Å². The van der Waals surface area contributed by atoms with E-state index in [1.54, 1.807) is 0 Å². The van der Waals surface area contributed by atoms with E-state index >= 15 is 0 Å². The molecule has 1 aliphatic rings. The Morgan fingerprint density at radius 3 is 2.76 bits per heavy atom. The van der Waals surface area contributed by atoms with Gasteiger partial charge in [-0.2, -0.15) is 0 Å². The van der Waals surface area contributed by atoms with E-state index in [4.69, 9.17) is 4.74 Å². The monoisotopic (exact) mass is 297 g/mol. The number of piperidine rings is 1. The lowest BCUT2D eigenvalue weighted by Gasteiger charge is -2.28. The fourth-order valence-electron chi connectivity index (χ4n) is 2.28. The van der Waals surface area contributed by atoms with Crippen LogP contribution in [0.4, 0.5) is 0 Å². The number of hydrogen-bond donors (Lipinski definition) is 1. The van der Waals surface area contributed by atoms with Crippen molar-refractivity contribution in [1.29, 1.82) is 0 Å². The molecular weight excluding hydrogens is 282 g/mol. The molecule has 1 fully saturated rings. The fraction of sp³-hybridized carbons (Fsp3) is 0.462. The zero-order valence-electron chi connectivity index (χ0n) is 9.78. The highest BCUT2D eigenvalue weighted by molar-refractivity contribution is 9.10. The van der Waals surface area contributed by atoms with Crippen LogP contribution < -0.4 is 5.32 Å². The van der Waals surface area contributed by atoms with Gasteiger partial charge in [0, 0.05) is 4.47 Å². The van der Waals surface area contributed by atoms with Gasteiger partial charge in [0.25, 0.3) is 0 Å². The van der Waals surface area contributed by atoms with E-state index in [1.807, 2.05) is 12.1 Å². The Morgan fingerprint density at radius 1 is 1.41 bits per heavy atom. The number of benzene rings is 1. The molecule has 0 aliphatic carbocycles. The molecule has 1 aliphatic heterocycles. The summed E-state index contributed by atoms with van der Waals surface area (Å²) >= 11 is 3.43. The standard InChI is InChI=1S/C13H16BrNO2/c1-17-13(16)12-8-10(6-7-15-12)9-2-4-11(14)5-3-9/h2-5,10,12,15H,6-8H2,1H3. The number of esters is 1. The van der Waals surface area contributed by atoms with Crippen molar-refractivity contribution in [1.82, 2.24) is 5.32 Å². The molecule has 0 radical (unpaired) electrons. The number of nitrogens with one attached hydrogen (secondary N) is 1. The molecule has 2 rings (SSSR count). The second kappa shape index (κ2) is 5.65. The van der Waals surface area contributed by atoms with Crippen molar-refractivity contribution in [2.45, 2.75) is 24.8 Å². The summed E-state index contributed by atoms with van der Waals surface area (Å²) in [6, 6.07) is 8.17. The van der Waals surface area contributed by atoms with Crippen LogP contribution in [-0.4, -0.2) is 25.7 Å². The van der Waals surface area contributed by atoms with Gasteiger partial charge in [0.1, 0.15) is 6.04 Å². The summed E-state index contributed by atoms with van der Waals surface area (Å²) < 4.78 is 5.87. The topological polar surface area (TPSA) is 38.3 Å². The third-order valence-corrected chi connectivity index (χ3v) is 3.76. The number of ether oxygens (including phenoxy) is 1. The van der Waals surface area contributed by atoms with E-state index in [-0.39, 0.29) is 12.0 Å². The van der Waals surface area contributed by atoms with E-state index in [2.05, 4.69) is 33.4 Å². The first kappa shape index (κ1) is 12.6. The quantitative estimate of drug-likeness (QED) is 0.852. The summed E-state index contributed by atoms with van der Waals surface area (Å²) in [4.78, 5) is 11.5. The van der Waals surface area contributed by atoms with Gasteiger partial charge in [-0.15, -0.1) is 0 Å². The Kier molecular flexibility index (Phi) is 4.18. The zero-order chi connectivity index (χ0) is 12.3. The van der Waals surface area contributed by atoms with Crippen molar-refractivity contribution in [3.63, 3.8) is 0 Å². The van der Waals surface area contributed by atoms with Gasteiger partial charge in [0.2, 0.25) is 0 Å². The third-order valence-electron chi connectivity index (χ3n) is 3.23. The molecule has 1 N–H and O–H groups in total. The molecule has 92 valence electrons. The predicted octanol–water partition coefficient (Wildman–Crippen LogP) is 2.46. The van der Waals surface area contributed by atoms with Crippen molar-refractivity contribution in [3.8, 4) is 0 Å². The summed E-state index contributed by atoms with van der Waals surface area (Å²) in [6.45, 7) is 0.862. The van der Waals surface area contributed by atoms with Gasteiger partial charge in [-0.05, 0) is 43.0 Å². The van der Waals surface area contributed by atoms with Crippen molar-refractivity contribution >= 4 is 21.9 Å². The summed E-state index contributed by atoms with van der Waals surface area (Å²) in [5.74, 6) is 0.278. The average Bonchev–Trinajstić information content (AvgIpc) is 2.39. The highest BCUT2D eigenvalue weighted by Gasteiger charge is 2.28. The molecule has 1 aromatic carbocycles. The van der Waals surface area contributed by atoms with Crippen molar-refractivity contribution in [2.75, 3.05) is 13.7 Å². The summed E-state index contributed by atoms with van der Waals surface area (Å²) in [6.07, 6.45) is 1.88. The van der Waals surface area contributed by atoms with Gasteiger partial charge in [-0.1, -0.05) is 28.1 Å². The van der Waals surface area contributed by atoms with Crippen molar-refractivity contribution in [2.24, 2.45) is 0 Å². The number of methoxy groups -OCH3 is 1. The van der Waals surface area contributed by atoms with Crippen LogP contribution in [0.25, 0.3) is 0 Å². The zero-order valence-corrected chi connectivity index (χ0v) is 11.4. The highest BCUT2D eigenvalue weighted by Crippen LogP contribution is 2.28. The van der Waals surface area contributed by atoms with Gasteiger partial charge in [0.15, 0.2) is 0 Å². The number of hydrogen-bond acceptors (Lipinski definition) is 3. The molecule has 1 saturated heterocycles. The van der Waals surface area contributed by atoms with E-state index < -0.39 is 0 Å². The average molecular weight is 298 g/mol.